The number of benzene rings is 1. The van der Waals surface area contributed by atoms with Crippen LogP contribution in [-0.2, 0) is 6.54 Å². The van der Waals surface area contributed by atoms with Gasteiger partial charge in [-0.05, 0) is 30.5 Å². The summed E-state index contributed by atoms with van der Waals surface area (Å²) in [6.45, 7) is 4.59. The zero-order valence-corrected chi connectivity index (χ0v) is 12.1. The second-order valence-electron chi connectivity index (χ2n) is 5.74. The Labute approximate surface area is 125 Å². The minimum atomic E-state index is 0.0977. The molecule has 0 aromatic heterocycles. The highest BCUT2D eigenvalue weighted by Gasteiger charge is 2.30. The van der Waals surface area contributed by atoms with Gasteiger partial charge in [0.25, 0.3) is 0 Å². The van der Waals surface area contributed by atoms with Crippen molar-refractivity contribution in [3.05, 3.63) is 35.4 Å². The fraction of sp³-hybridized carbons (Fsp3) is 0.500. The van der Waals surface area contributed by atoms with E-state index in [0.29, 0.717) is 11.6 Å². The number of amides is 2. The second-order valence-corrected chi connectivity index (χ2v) is 5.74. The Bertz CT molecular complexity index is 540. The van der Waals surface area contributed by atoms with Crippen LogP contribution >= 0.6 is 0 Å². The summed E-state index contributed by atoms with van der Waals surface area (Å²) in [6, 6.07) is 10.4. The number of carbonyl (C=O) groups excluding carboxylic acids is 1. The molecule has 0 bridgehead atoms. The van der Waals surface area contributed by atoms with E-state index in [1.807, 2.05) is 29.2 Å². The maximum absolute atomic E-state index is 11.7. The van der Waals surface area contributed by atoms with Gasteiger partial charge in [0.2, 0.25) is 0 Å². The summed E-state index contributed by atoms with van der Waals surface area (Å²) in [5.41, 5.74) is 1.95. The third-order valence-electron chi connectivity index (χ3n) is 4.38. The van der Waals surface area contributed by atoms with Crippen LogP contribution in [0.5, 0.6) is 0 Å². The first-order valence-corrected chi connectivity index (χ1v) is 7.52. The SMILES string of the molecule is N#Cc1ccc(CN2CCC(N3CCNC3=O)CC2)cc1. The lowest BCUT2D eigenvalue weighted by atomic mass is 10.0. The van der Waals surface area contributed by atoms with Gasteiger partial charge in [-0.25, -0.2) is 4.79 Å². The number of hydrogen-bond donors (Lipinski definition) is 1. The molecule has 5 heteroatoms. The van der Waals surface area contributed by atoms with Gasteiger partial charge in [0.1, 0.15) is 0 Å². The van der Waals surface area contributed by atoms with E-state index in [4.69, 9.17) is 5.26 Å². The molecular formula is C16H20N4O. The summed E-state index contributed by atoms with van der Waals surface area (Å²) in [5, 5.41) is 11.7. The van der Waals surface area contributed by atoms with Crippen LogP contribution in [0.4, 0.5) is 4.79 Å². The molecule has 2 aliphatic rings. The van der Waals surface area contributed by atoms with Crippen molar-refractivity contribution in [3.8, 4) is 6.07 Å². The Morgan fingerprint density at radius 3 is 2.48 bits per heavy atom. The minimum absolute atomic E-state index is 0.0977. The molecule has 1 N–H and O–H groups in total. The normalized spacial score (nSPS) is 20.3. The van der Waals surface area contributed by atoms with E-state index in [9.17, 15) is 4.79 Å². The Kier molecular flexibility index (Phi) is 4.07. The molecule has 0 spiro atoms. The van der Waals surface area contributed by atoms with Crippen LogP contribution in [0.15, 0.2) is 24.3 Å². The predicted octanol–water partition coefficient (Wildman–Crippen LogP) is 1.55. The Balaban J connectivity index is 1.51. The molecule has 3 rings (SSSR count). The molecular weight excluding hydrogens is 264 g/mol. The van der Waals surface area contributed by atoms with Crippen LogP contribution in [0.1, 0.15) is 24.0 Å². The van der Waals surface area contributed by atoms with Crippen LogP contribution < -0.4 is 5.32 Å². The van der Waals surface area contributed by atoms with Gasteiger partial charge in [0, 0.05) is 38.8 Å². The van der Waals surface area contributed by atoms with Crippen LogP contribution in [0.3, 0.4) is 0 Å². The average Bonchev–Trinajstić information content (AvgIpc) is 2.95. The van der Waals surface area contributed by atoms with E-state index >= 15 is 0 Å². The van der Waals surface area contributed by atoms with Crippen LogP contribution in [0.2, 0.25) is 0 Å². The highest BCUT2D eigenvalue weighted by atomic mass is 16.2. The number of carbonyl (C=O) groups is 1. The number of piperidine rings is 1. The second kappa shape index (κ2) is 6.15. The molecule has 1 aromatic carbocycles. The zero-order valence-electron chi connectivity index (χ0n) is 12.1. The molecule has 2 saturated heterocycles. The number of nitrogens with zero attached hydrogens (tertiary/aromatic N) is 3. The molecule has 21 heavy (non-hydrogen) atoms. The fourth-order valence-corrected chi connectivity index (χ4v) is 3.17. The molecule has 2 aliphatic heterocycles. The molecule has 0 saturated carbocycles. The first-order chi connectivity index (χ1) is 10.3. The summed E-state index contributed by atoms with van der Waals surface area (Å²) < 4.78 is 0. The van der Waals surface area contributed by atoms with Gasteiger partial charge in [0.15, 0.2) is 0 Å². The van der Waals surface area contributed by atoms with Crippen molar-refractivity contribution in [3.63, 3.8) is 0 Å². The molecule has 0 radical (unpaired) electrons. The van der Waals surface area contributed by atoms with E-state index in [1.54, 1.807) is 0 Å². The largest absolute Gasteiger partial charge is 0.336 e. The third kappa shape index (κ3) is 3.17. The van der Waals surface area contributed by atoms with Gasteiger partial charge in [-0.1, -0.05) is 12.1 Å². The van der Waals surface area contributed by atoms with E-state index in [0.717, 1.165) is 45.6 Å². The van der Waals surface area contributed by atoms with Gasteiger partial charge >= 0.3 is 6.03 Å². The molecule has 0 unspecified atom stereocenters. The highest BCUT2D eigenvalue weighted by Crippen LogP contribution is 2.19. The summed E-state index contributed by atoms with van der Waals surface area (Å²) in [6.07, 6.45) is 2.09. The molecule has 1 aromatic rings. The van der Waals surface area contributed by atoms with Crippen molar-refractivity contribution in [1.29, 1.82) is 5.26 Å². The molecule has 2 amide bonds. The van der Waals surface area contributed by atoms with Crippen LogP contribution in [-0.4, -0.2) is 48.1 Å². The number of urea groups is 1. The lowest BCUT2D eigenvalue weighted by Gasteiger charge is -2.36. The standard InChI is InChI=1S/C16H20N4O/c17-11-13-1-3-14(4-2-13)12-19-8-5-15(6-9-19)20-10-7-18-16(20)21/h1-4,15H,5-10,12H2,(H,18,21). The van der Waals surface area contributed by atoms with Gasteiger partial charge in [0.05, 0.1) is 11.6 Å². The smallest absolute Gasteiger partial charge is 0.317 e. The van der Waals surface area contributed by atoms with Crippen molar-refractivity contribution < 1.29 is 4.79 Å². The van der Waals surface area contributed by atoms with Crippen molar-refractivity contribution in [2.75, 3.05) is 26.2 Å². The molecule has 0 aliphatic carbocycles. The van der Waals surface area contributed by atoms with E-state index < -0.39 is 0 Å². The van der Waals surface area contributed by atoms with Crippen LogP contribution in [0, 0.1) is 11.3 Å². The molecule has 2 heterocycles. The Hall–Kier alpha value is -2.06. The molecule has 2 fully saturated rings. The van der Waals surface area contributed by atoms with Gasteiger partial charge in [-0.2, -0.15) is 5.26 Å². The summed E-state index contributed by atoms with van der Waals surface area (Å²) >= 11 is 0. The van der Waals surface area contributed by atoms with Crippen molar-refractivity contribution in [2.45, 2.75) is 25.4 Å². The number of likely N-dealkylation sites (tertiary alicyclic amines) is 1. The van der Waals surface area contributed by atoms with Gasteiger partial charge in [-0.3, -0.25) is 4.90 Å². The molecule has 0 atom stereocenters. The topological polar surface area (TPSA) is 59.4 Å². The lowest BCUT2D eigenvalue weighted by molar-refractivity contribution is 0.132. The Morgan fingerprint density at radius 2 is 1.90 bits per heavy atom. The van der Waals surface area contributed by atoms with Gasteiger partial charge in [-0.15, -0.1) is 0 Å². The lowest BCUT2D eigenvalue weighted by Crippen LogP contribution is -2.45. The van der Waals surface area contributed by atoms with Crippen molar-refractivity contribution >= 4 is 6.03 Å². The van der Waals surface area contributed by atoms with Crippen molar-refractivity contribution in [2.24, 2.45) is 0 Å². The number of rotatable bonds is 3. The fourth-order valence-electron chi connectivity index (χ4n) is 3.17. The number of nitriles is 1. The highest BCUT2D eigenvalue weighted by molar-refractivity contribution is 5.76. The maximum Gasteiger partial charge on any atom is 0.317 e. The van der Waals surface area contributed by atoms with Crippen molar-refractivity contribution in [1.82, 2.24) is 15.1 Å². The summed E-state index contributed by atoms with van der Waals surface area (Å²) in [7, 11) is 0. The zero-order chi connectivity index (χ0) is 14.7. The third-order valence-corrected chi connectivity index (χ3v) is 4.38. The predicted molar refractivity (Wildman–Crippen MR) is 79.6 cm³/mol. The minimum Gasteiger partial charge on any atom is -0.336 e. The monoisotopic (exact) mass is 284 g/mol. The number of nitrogens with one attached hydrogen (secondary N) is 1. The quantitative estimate of drug-likeness (QED) is 0.916. The molecule has 5 nitrogen and oxygen atoms in total. The van der Waals surface area contributed by atoms with E-state index in [-0.39, 0.29) is 6.03 Å². The average molecular weight is 284 g/mol. The van der Waals surface area contributed by atoms with Crippen LogP contribution in [0.25, 0.3) is 0 Å². The Morgan fingerprint density at radius 1 is 1.19 bits per heavy atom. The van der Waals surface area contributed by atoms with Gasteiger partial charge < -0.3 is 10.2 Å². The summed E-state index contributed by atoms with van der Waals surface area (Å²) in [4.78, 5) is 16.1. The first-order valence-electron chi connectivity index (χ1n) is 7.52. The summed E-state index contributed by atoms with van der Waals surface area (Å²) in [5.74, 6) is 0. The van der Waals surface area contributed by atoms with E-state index in [1.165, 1.54) is 5.56 Å². The maximum atomic E-state index is 11.7. The molecule has 110 valence electrons. The van der Waals surface area contributed by atoms with E-state index in [2.05, 4.69) is 16.3 Å². The number of hydrogen-bond acceptors (Lipinski definition) is 3. The first kappa shape index (κ1) is 13.9.